The van der Waals surface area contributed by atoms with Crippen LogP contribution in [-0.2, 0) is 13.2 Å². The van der Waals surface area contributed by atoms with Crippen molar-refractivity contribution in [1.82, 2.24) is 0 Å². The number of benzene rings is 3. The van der Waals surface area contributed by atoms with E-state index in [0.29, 0.717) is 13.2 Å². The van der Waals surface area contributed by atoms with Crippen LogP contribution >= 0.6 is 0 Å². The van der Waals surface area contributed by atoms with Crippen molar-refractivity contribution in [2.45, 2.75) is 13.2 Å². The lowest BCUT2D eigenvalue weighted by Crippen LogP contribution is -1.97. The van der Waals surface area contributed by atoms with Gasteiger partial charge in [0.05, 0.1) is 0 Å². The Labute approximate surface area is 131 Å². The molecule has 0 saturated heterocycles. The normalized spacial score (nSPS) is 10.2. The average molecular weight is 289 g/mol. The van der Waals surface area contributed by atoms with E-state index in [1.807, 2.05) is 66.7 Å². The molecule has 0 unspecified atom stereocenters. The summed E-state index contributed by atoms with van der Waals surface area (Å²) in [5.74, 6) is 1.71. The molecule has 0 fully saturated rings. The molecule has 0 aliphatic heterocycles. The molecule has 0 aromatic heterocycles. The summed E-state index contributed by atoms with van der Waals surface area (Å²) in [5, 5.41) is 0. The van der Waals surface area contributed by atoms with Crippen LogP contribution in [0.1, 0.15) is 11.1 Å². The minimum Gasteiger partial charge on any atom is -0.489 e. The second kappa shape index (κ2) is 7.32. The molecular weight excluding hydrogens is 272 g/mol. The molecule has 22 heavy (non-hydrogen) atoms. The molecule has 0 heterocycles. The van der Waals surface area contributed by atoms with E-state index in [-0.39, 0.29) is 0 Å². The first-order chi connectivity index (χ1) is 10.9. The third-order valence-electron chi connectivity index (χ3n) is 3.26. The summed E-state index contributed by atoms with van der Waals surface area (Å²) in [6.45, 7) is 1.13. The Hall–Kier alpha value is -2.74. The molecule has 3 aromatic carbocycles. The highest BCUT2D eigenvalue weighted by Crippen LogP contribution is 2.16. The van der Waals surface area contributed by atoms with Crippen LogP contribution in [0.5, 0.6) is 11.5 Å². The van der Waals surface area contributed by atoms with Gasteiger partial charge in [-0.2, -0.15) is 0 Å². The summed E-state index contributed by atoms with van der Waals surface area (Å²) in [7, 11) is 0. The predicted molar refractivity (Wildman–Crippen MR) is 86.8 cm³/mol. The van der Waals surface area contributed by atoms with Gasteiger partial charge in [-0.15, -0.1) is 0 Å². The van der Waals surface area contributed by atoms with Crippen LogP contribution in [0.3, 0.4) is 0 Å². The number of rotatable bonds is 6. The first-order valence-corrected chi connectivity index (χ1v) is 7.25. The van der Waals surface area contributed by atoms with E-state index in [1.54, 1.807) is 0 Å². The molecule has 109 valence electrons. The standard InChI is InChI=1S/C20H17O2/c1-3-7-17(8-4-1)15-22-20-13-11-18(12-14-20)16-21-19-9-5-2-6-10-19/h1,3-14H,15-16H2. The van der Waals surface area contributed by atoms with Gasteiger partial charge in [0, 0.05) is 0 Å². The van der Waals surface area contributed by atoms with Gasteiger partial charge in [-0.05, 0) is 41.5 Å². The van der Waals surface area contributed by atoms with Crippen molar-refractivity contribution in [2.24, 2.45) is 0 Å². The van der Waals surface area contributed by atoms with E-state index >= 15 is 0 Å². The van der Waals surface area contributed by atoms with Crippen molar-refractivity contribution in [3.8, 4) is 11.5 Å². The molecule has 0 amide bonds. The SMILES string of the molecule is [c]1ccc(OCc2ccc(OCc3ccccc3)cc2)cc1. The minimum atomic E-state index is 0.545. The van der Waals surface area contributed by atoms with E-state index in [1.165, 1.54) is 0 Å². The van der Waals surface area contributed by atoms with Crippen molar-refractivity contribution >= 4 is 0 Å². The van der Waals surface area contributed by atoms with Crippen LogP contribution < -0.4 is 9.47 Å². The van der Waals surface area contributed by atoms with Crippen molar-refractivity contribution < 1.29 is 9.47 Å². The van der Waals surface area contributed by atoms with Crippen molar-refractivity contribution in [2.75, 3.05) is 0 Å². The van der Waals surface area contributed by atoms with E-state index < -0.39 is 0 Å². The van der Waals surface area contributed by atoms with E-state index in [2.05, 4.69) is 18.2 Å². The monoisotopic (exact) mass is 289 g/mol. The zero-order valence-electron chi connectivity index (χ0n) is 12.2. The van der Waals surface area contributed by atoms with Crippen molar-refractivity contribution in [1.29, 1.82) is 0 Å². The lowest BCUT2D eigenvalue weighted by molar-refractivity contribution is 0.301. The van der Waals surface area contributed by atoms with Crippen molar-refractivity contribution in [3.63, 3.8) is 0 Å². The number of hydrogen-bond acceptors (Lipinski definition) is 2. The Morgan fingerprint density at radius 3 is 1.77 bits per heavy atom. The maximum Gasteiger partial charge on any atom is 0.119 e. The molecule has 0 aliphatic rings. The molecule has 2 nitrogen and oxygen atoms in total. The summed E-state index contributed by atoms with van der Waals surface area (Å²) >= 11 is 0. The molecule has 0 atom stereocenters. The summed E-state index contributed by atoms with van der Waals surface area (Å²) in [6.07, 6.45) is 0. The third kappa shape index (κ3) is 4.13. The fourth-order valence-corrected chi connectivity index (χ4v) is 2.06. The van der Waals surface area contributed by atoms with E-state index in [4.69, 9.17) is 9.47 Å². The van der Waals surface area contributed by atoms with Crippen molar-refractivity contribution in [3.05, 3.63) is 96.1 Å². The highest BCUT2D eigenvalue weighted by atomic mass is 16.5. The second-order valence-corrected chi connectivity index (χ2v) is 4.94. The second-order valence-electron chi connectivity index (χ2n) is 4.94. The van der Waals surface area contributed by atoms with Gasteiger partial charge in [0.15, 0.2) is 0 Å². The quantitative estimate of drug-likeness (QED) is 0.658. The summed E-state index contributed by atoms with van der Waals surface area (Å²) in [6, 6.07) is 28.6. The molecule has 1 radical (unpaired) electrons. The Morgan fingerprint density at radius 1 is 0.591 bits per heavy atom. The molecule has 3 aromatic rings. The number of ether oxygens (including phenoxy) is 2. The van der Waals surface area contributed by atoms with Gasteiger partial charge < -0.3 is 9.47 Å². The lowest BCUT2D eigenvalue weighted by Gasteiger charge is -2.08. The smallest absolute Gasteiger partial charge is 0.119 e. The highest BCUT2D eigenvalue weighted by molar-refractivity contribution is 5.28. The van der Waals surface area contributed by atoms with Crippen LogP contribution in [0, 0.1) is 6.07 Å². The van der Waals surface area contributed by atoms with Crippen LogP contribution in [-0.4, -0.2) is 0 Å². The third-order valence-corrected chi connectivity index (χ3v) is 3.26. The summed E-state index contributed by atoms with van der Waals surface area (Å²) in [4.78, 5) is 0. The summed E-state index contributed by atoms with van der Waals surface area (Å²) < 4.78 is 11.5. The molecular formula is C20H17O2. The van der Waals surface area contributed by atoms with Crippen LogP contribution in [0.2, 0.25) is 0 Å². The Morgan fingerprint density at radius 2 is 1.14 bits per heavy atom. The fourth-order valence-electron chi connectivity index (χ4n) is 2.06. The van der Waals surface area contributed by atoms with E-state index in [9.17, 15) is 0 Å². The Balaban J connectivity index is 1.52. The molecule has 0 aliphatic carbocycles. The molecule has 2 heteroatoms. The highest BCUT2D eigenvalue weighted by Gasteiger charge is 1.98. The van der Waals surface area contributed by atoms with Gasteiger partial charge in [0.25, 0.3) is 0 Å². The fraction of sp³-hybridized carbons (Fsp3) is 0.100. The average Bonchev–Trinajstić information content (AvgIpc) is 2.61. The largest absolute Gasteiger partial charge is 0.489 e. The van der Waals surface area contributed by atoms with Crippen LogP contribution in [0.25, 0.3) is 0 Å². The molecule has 0 spiro atoms. The van der Waals surface area contributed by atoms with Gasteiger partial charge in [-0.25, -0.2) is 0 Å². The van der Waals surface area contributed by atoms with Gasteiger partial charge in [-0.1, -0.05) is 54.6 Å². The summed E-state index contributed by atoms with van der Waals surface area (Å²) in [5.41, 5.74) is 2.27. The van der Waals surface area contributed by atoms with Gasteiger partial charge in [-0.3, -0.25) is 0 Å². The zero-order valence-corrected chi connectivity index (χ0v) is 12.2. The van der Waals surface area contributed by atoms with Gasteiger partial charge in [0.2, 0.25) is 0 Å². The molecule has 0 saturated carbocycles. The molecule has 0 bridgehead atoms. The Kier molecular flexibility index (Phi) is 4.73. The topological polar surface area (TPSA) is 18.5 Å². The van der Waals surface area contributed by atoms with Crippen LogP contribution in [0.15, 0.2) is 78.9 Å². The zero-order chi connectivity index (χ0) is 15.0. The predicted octanol–water partition coefficient (Wildman–Crippen LogP) is 4.64. The lowest BCUT2D eigenvalue weighted by atomic mass is 10.2. The first-order valence-electron chi connectivity index (χ1n) is 7.25. The maximum absolute atomic E-state index is 5.76. The van der Waals surface area contributed by atoms with Gasteiger partial charge in [0.1, 0.15) is 24.7 Å². The number of hydrogen-bond donors (Lipinski definition) is 0. The van der Waals surface area contributed by atoms with Crippen LogP contribution in [0.4, 0.5) is 0 Å². The Bertz CT molecular complexity index is 613. The first kappa shape index (κ1) is 14.2. The maximum atomic E-state index is 5.76. The van der Waals surface area contributed by atoms with E-state index in [0.717, 1.165) is 22.6 Å². The molecule has 0 N–H and O–H groups in total. The minimum absolute atomic E-state index is 0.545. The van der Waals surface area contributed by atoms with Gasteiger partial charge >= 0.3 is 0 Å². The molecule has 3 rings (SSSR count).